The number of benzene rings is 2. The maximum atomic E-state index is 13.7. The fourth-order valence-electron chi connectivity index (χ4n) is 4.76. The van der Waals surface area contributed by atoms with Crippen LogP contribution < -0.4 is 5.32 Å². The molecule has 0 unspecified atom stereocenters. The van der Waals surface area contributed by atoms with Gasteiger partial charge in [0.15, 0.2) is 5.54 Å². The third-order valence-electron chi connectivity index (χ3n) is 6.03. The lowest BCUT2D eigenvalue weighted by Gasteiger charge is -2.35. The molecule has 6 heteroatoms. The van der Waals surface area contributed by atoms with Gasteiger partial charge in [-0.15, -0.1) is 0 Å². The molecule has 2 fully saturated rings. The first-order chi connectivity index (χ1) is 14.4. The van der Waals surface area contributed by atoms with Crippen molar-refractivity contribution in [2.75, 3.05) is 19.6 Å². The number of hydrogen-bond acceptors (Lipinski definition) is 3. The fourth-order valence-corrected chi connectivity index (χ4v) is 4.76. The van der Waals surface area contributed by atoms with E-state index in [2.05, 4.69) is 19.2 Å². The molecule has 0 spiro atoms. The van der Waals surface area contributed by atoms with Crippen molar-refractivity contribution in [2.45, 2.75) is 25.8 Å². The van der Waals surface area contributed by atoms with E-state index in [0.29, 0.717) is 36.1 Å². The molecule has 2 aliphatic rings. The summed E-state index contributed by atoms with van der Waals surface area (Å²) in [6, 6.07) is 17.8. The lowest BCUT2D eigenvalue weighted by Crippen LogP contribution is -2.49. The van der Waals surface area contributed by atoms with Crippen LogP contribution >= 0.6 is 0 Å². The smallest absolute Gasteiger partial charge is 0.326 e. The van der Waals surface area contributed by atoms with Crippen LogP contribution in [0.5, 0.6) is 0 Å². The molecule has 156 valence electrons. The quantitative estimate of drug-likeness (QED) is 0.795. The Bertz CT molecular complexity index is 895. The molecule has 0 radical (unpaired) electrons. The van der Waals surface area contributed by atoms with Crippen LogP contribution in [0.2, 0.25) is 0 Å². The highest BCUT2D eigenvalue weighted by molar-refractivity contribution is 6.11. The average Bonchev–Trinajstić information content (AvgIpc) is 3.00. The number of carbonyl (C=O) groups excluding carboxylic acids is 3. The van der Waals surface area contributed by atoms with Gasteiger partial charge in [-0.2, -0.15) is 0 Å². The number of urea groups is 1. The summed E-state index contributed by atoms with van der Waals surface area (Å²) in [5, 5.41) is 2.89. The van der Waals surface area contributed by atoms with E-state index in [0.717, 1.165) is 11.3 Å². The van der Waals surface area contributed by atoms with Crippen LogP contribution in [0.4, 0.5) is 4.79 Å². The van der Waals surface area contributed by atoms with Gasteiger partial charge in [0.25, 0.3) is 5.91 Å². The van der Waals surface area contributed by atoms with Crippen LogP contribution in [0.1, 0.15) is 31.4 Å². The Morgan fingerprint density at radius 2 is 1.43 bits per heavy atom. The Morgan fingerprint density at radius 3 is 1.93 bits per heavy atom. The van der Waals surface area contributed by atoms with Crippen molar-refractivity contribution in [2.24, 2.45) is 11.8 Å². The lowest BCUT2D eigenvalue weighted by molar-refractivity contribution is -0.140. The molecule has 6 nitrogen and oxygen atoms in total. The highest BCUT2D eigenvalue weighted by Gasteiger charge is 2.54. The number of likely N-dealkylation sites (tertiary alicyclic amines) is 1. The Labute approximate surface area is 176 Å². The second kappa shape index (κ2) is 7.94. The summed E-state index contributed by atoms with van der Waals surface area (Å²) in [7, 11) is 0. The molecule has 0 aromatic heterocycles. The maximum Gasteiger partial charge on any atom is 0.326 e. The fraction of sp³-hybridized carbons (Fsp3) is 0.375. The van der Waals surface area contributed by atoms with Gasteiger partial charge in [0.2, 0.25) is 5.91 Å². The summed E-state index contributed by atoms with van der Waals surface area (Å²) in [5.74, 6) is 0.215. The zero-order valence-corrected chi connectivity index (χ0v) is 17.4. The van der Waals surface area contributed by atoms with E-state index in [-0.39, 0.29) is 12.5 Å². The molecule has 0 aliphatic carbocycles. The Morgan fingerprint density at radius 1 is 0.933 bits per heavy atom. The van der Waals surface area contributed by atoms with Gasteiger partial charge in [-0.05, 0) is 29.4 Å². The molecule has 0 saturated carbocycles. The molecule has 2 aliphatic heterocycles. The molecule has 4 rings (SSSR count). The maximum absolute atomic E-state index is 13.7. The summed E-state index contributed by atoms with van der Waals surface area (Å²) in [6.07, 6.45) is 1.08. The minimum absolute atomic E-state index is 0.186. The van der Waals surface area contributed by atoms with E-state index in [9.17, 15) is 14.4 Å². The highest BCUT2D eigenvalue weighted by Crippen LogP contribution is 2.36. The highest BCUT2D eigenvalue weighted by atomic mass is 16.2. The SMILES string of the molecule is C[C@H]1C[C@H](C)CN(C(=O)CN2C(=O)NC(c3ccccc3)(c3ccccc3)C2=O)C1. The summed E-state index contributed by atoms with van der Waals surface area (Å²) in [5.41, 5.74) is 0.0111. The largest absolute Gasteiger partial charge is 0.341 e. The van der Waals surface area contributed by atoms with E-state index >= 15 is 0 Å². The zero-order chi connectivity index (χ0) is 21.3. The summed E-state index contributed by atoms with van der Waals surface area (Å²) < 4.78 is 0. The number of carbonyl (C=O) groups is 3. The van der Waals surface area contributed by atoms with E-state index < -0.39 is 17.5 Å². The molecular formula is C24H27N3O3. The van der Waals surface area contributed by atoms with Gasteiger partial charge in [0.05, 0.1) is 0 Å². The van der Waals surface area contributed by atoms with Crippen molar-refractivity contribution < 1.29 is 14.4 Å². The predicted octanol–water partition coefficient (Wildman–Crippen LogP) is 2.99. The number of piperidine rings is 1. The summed E-state index contributed by atoms with van der Waals surface area (Å²) >= 11 is 0. The average molecular weight is 405 g/mol. The number of amides is 4. The third-order valence-corrected chi connectivity index (χ3v) is 6.03. The molecular weight excluding hydrogens is 378 g/mol. The molecule has 30 heavy (non-hydrogen) atoms. The lowest BCUT2D eigenvalue weighted by atomic mass is 9.82. The first-order valence-electron chi connectivity index (χ1n) is 10.4. The van der Waals surface area contributed by atoms with Crippen molar-refractivity contribution in [3.05, 3.63) is 71.8 Å². The standard InChI is InChI=1S/C24H27N3O3/c1-17-13-18(2)15-26(14-17)21(28)16-27-22(29)24(25-23(27)30,19-9-5-3-6-10-19)20-11-7-4-8-12-20/h3-12,17-18H,13-16H2,1-2H3,(H,25,30)/t17-,18-/m0/s1. The van der Waals surface area contributed by atoms with Crippen molar-refractivity contribution >= 4 is 17.8 Å². The molecule has 2 saturated heterocycles. The van der Waals surface area contributed by atoms with Gasteiger partial charge < -0.3 is 10.2 Å². The van der Waals surface area contributed by atoms with E-state index in [4.69, 9.17) is 0 Å². The minimum Gasteiger partial charge on any atom is -0.341 e. The number of rotatable bonds is 4. The number of nitrogens with zero attached hydrogens (tertiary/aromatic N) is 2. The molecule has 2 aromatic carbocycles. The van der Waals surface area contributed by atoms with Gasteiger partial charge in [0, 0.05) is 13.1 Å². The van der Waals surface area contributed by atoms with Gasteiger partial charge in [-0.1, -0.05) is 74.5 Å². The van der Waals surface area contributed by atoms with Crippen molar-refractivity contribution in [1.82, 2.24) is 15.1 Å². The van der Waals surface area contributed by atoms with Gasteiger partial charge in [0.1, 0.15) is 6.54 Å². The topological polar surface area (TPSA) is 69.7 Å². The normalized spacial score (nSPS) is 23.4. The first kappa shape index (κ1) is 20.1. The molecule has 0 bridgehead atoms. The van der Waals surface area contributed by atoms with Gasteiger partial charge in [-0.3, -0.25) is 14.5 Å². The Hall–Kier alpha value is -3.15. The number of hydrogen-bond donors (Lipinski definition) is 1. The van der Waals surface area contributed by atoms with Crippen LogP contribution in [-0.2, 0) is 15.1 Å². The second-order valence-corrected chi connectivity index (χ2v) is 8.55. The van der Waals surface area contributed by atoms with Crippen LogP contribution in [0.25, 0.3) is 0 Å². The summed E-state index contributed by atoms with van der Waals surface area (Å²) in [4.78, 5) is 42.4. The Kier molecular flexibility index (Phi) is 5.33. The molecule has 2 atom stereocenters. The van der Waals surface area contributed by atoms with Crippen LogP contribution in [0.3, 0.4) is 0 Å². The predicted molar refractivity (Wildman–Crippen MR) is 113 cm³/mol. The van der Waals surface area contributed by atoms with Gasteiger partial charge in [-0.25, -0.2) is 4.79 Å². The number of imide groups is 1. The van der Waals surface area contributed by atoms with E-state index in [1.165, 1.54) is 0 Å². The molecule has 2 heterocycles. The second-order valence-electron chi connectivity index (χ2n) is 8.55. The van der Waals surface area contributed by atoms with Crippen molar-refractivity contribution in [3.63, 3.8) is 0 Å². The summed E-state index contributed by atoms with van der Waals surface area (Å²) in [6.45, 7) is 5.33. The molecule has 2 aromatic rings. The van der Waals surface area contributed by atoms with E-state index in [1.54, 1.807) is 4.90 Å². The Balaban J connectivity index is 1.65. The minimum atomic E-state index is -1.33. The monoisotopic (exact) mass is 405 g/mol. The third kappa shape index (κ3) is 3.47. The van der Waals surface area contributed by atoms with Crippen LogP contribution in [-0.4, -0.2) is 47.3 Å². The van der Waals surface area contributed by atoms with Crippen LogP contribution in [0, 0.1) is 11.8 Å². The number of nitrogens with one attached hydrogen (secondary N) is 1. The van der Waals surface area contributed by atoms with Gasteiger partial charge >= 0.3 is 6.03 Å². The van der Waals surface area contributed by atoms with E-state index in [1.807, 2.05) is 60.7 Å². The zero-order valence-electron chi connectivity index (χ0n) is 17.4. The molecule has 4 amide bonds. The molecule has 1 N–H and O–H groups in total. The van der Waals surface area contributed by atoms with Crippen LogP contribution in [0.15, 0.2) is 60.7 Å². The first-order valence-corrected chi connectivity index (χ1v) is 10.4. The van der Waals surface area contributed by atoms with Crippen molar-refractivity contribution in [1.29, 1.82) is 0 Å². The van der Waals surface area contributed by atoms with Crippen molar-refractivity contribution in [3.8, 4) is 0 Å².